The highest BCUT2D eigenvalue weighted by molar-refractivity contribution is 6.74. The molecular weight excluding hydrogens is 508 g/mol. The Bertz CT molecular complexity index is 949. The highest BCUT2D eigenvalue weighted by Gasteiger charge is 2.42. The number of ether oxygens (including phenoxy) is 1. The largest absolute Gasteiger partial charge is 0.478 e. The maximum absolute atomic E-state index is 12.9. The van der Waals surface area contributed by atoms with Crippen molar-refractivity contribution in [1.29, 1.82) is 0 Å². The molecule has 208 valence electrons. The van der Waals surface area contributed by atoms with Crippen LogP contribution in [-0.2, 0) is 14.0 Å². The number of hydrogen-bond donors (Lipinski definition) is 2. The number of carbonyl (C=O) groups is 2. The number of halogens is 1. The van der Waals surface area contributed by atoms with E-state index in [2.05, 4.69) is 50.7 Å². The van der Waals surface area contributed by atoms with Crippen LogP contribution in [-0.4, -0.2) is 42.1 Å². The number of rotatable bonds is 12. The van der Waals surface area contributed by atoms with Crippen molar-refractivity contribution in [2.75, 3.05) is 0 Å². The van der Waals surface area contributed by atoms with Crippen molar-refractivity contribution in [2.45, 2.75) is 104 Å². The minimum Gasteiger partial charge on any atom is -0.478 e. The molecule has 0 aliphatic heterocycles. The molecular formula is C28H45ClN2O5Si. The molecule has 7 nitrogen and oxygen atoms in total. The molecule has 0 radical (unpaired) electrons. The molecule has 0 aliphatic carbocycles. The number of carbonyl (C=O) groups excluding carboxylic acids is 1. The number of amides is 1. The first-order valence-electron chi connectivity index (χ1n) is 12.7. The topological polar surface area (TPSA) is 97.8 Å². The lowest BCUT2D eigenvalue weighted by molar-refractivity contribution is -0.133. The SMILES string of the molecule is C=C/C=C(/C(=O)O)C(C)CCCC(NC(=O)OC(C)(C)C)C(O[Si](C)(C)C(C)(C)C)c1ccc(Cl)nc1. The molecule has 1 aromatic heterocycles. The van der Waals surface area contributed by atoms with E-state index in [1.54, 1.807) is 12.3 Å². The van der Waals surface area contributed by atoms with Crippen LogP contribution in [0.5, 0.6) is 0 Å². The Morgan fingerprint density at radius 2 is 1.81 bits per heavy atom. The Morgan fingerprint density at radius 1 is 1.19 bits per heavy atom. The standard InChI is InChI=1S/C28H45ClN2O5Si/c1-11-13-21(25(32)33)19(2)14-12-15-22(31-26(34)35-27(3,4)5)24(20-16-17-23(29)30-18-20)36-37(9,10)28(6,7)8/h11,13,16-19,22,24H,1,12,14-15H2,2-10H3,(H,31,34)(H,32,33)/b21-13+. The molecule has 0 bridgehead atoms. The van der Waals surface area contributed by atoms with Crippen LogP contribution in [0.15, 0.2) is 42.6 Å². The fourth-order valence-electron chi connectivity index (χ4n) is 3.56. The number of alkyl carbamates (subject to hydrolysis) is 1. The van der Waals surface area contributed by atoms with E-state index in [-0.39, 0.29) is 11.0 Å². The first-order chi connectivity index (χ1) is 16.9. The lowest BCUT2D eigenvalue weighted by Gasteiger charge is -2.42. The van der Waals surface area contributed by atoms with Crippen LogP contribution in [0.4, 0.5) is 4.79 Å². The average Bonchev–Trinajstić information content (AvgIpc) is 2.73. The molecule has 0 saturated heterocycles. The molecule has 0 fully saturated rings. The molecule has 37 heavy (non-hydrogen) atoms. The summed E-state index contributed by atoms with van der Waals surface area (Å²) in [6, 6.07) is 3.15. The molecule has 2 N–H and O–H groups in total. The van der Waals surface area contributed by atoms with Gasteiger partial charge in [0.15, 0.2) is 8.32 Å². The molecule has 0 aromatic carbocycles. The van der Waals surface area contributed by atoms with E-state index in [4.69, 9.17) is 20.8 Å². The highest BCUT2D eigenvalue weighted by Crippen LogP contribution is 2.41. The molecule has 3 atom stereocenters. The van der Waals surface area contributed by atoms with Gasteiger partial charge in [0.25, 0.3) is 0 Å². The molecule has 0 saturated carbocycles. The predicted molar refractivity (Wildman–Crippen MR) is 152 cm³/mol. The number of nitrogens with zero attached hydrogens (tertiary/aromatic N) is 1. The number of carboxylic acid groups (broad SMARTS) is 1. The Morgan fingerprint density at radius 3 is 2.27 bits per heavy atom. The van der Waals surface area contributed by atoms with Crippen molar-refractivity contribution in [3.05, 3.63) is 53.4 Å². The van der Waals surface area contributed by atoms with Crippen LogP contribution in [0.25, 0.3) is 0 Å². The van der Waals surface area contributed by atoms with Gasteiger partial charge in [-0.1, -0.05) is 70.5 Å². The van der Waals surface area contributed by atoms with Gasteiger partial charge in [0.05, 0.1) is 12.1 Å². The minimum absolute atomic E-state index is 0.0675. The van der Waals surface area contributed by atoms with Gasteiger partial charge in [0, 0.05) is 17.3 Å². The lowest BCUT2D eigenvalue weighted by Crippen LogP contribution is -2.48. The summed E-state index contributed by atoms with van der Waals surface area (Å²) in [6.07, 6.45) is 5.50. The van der Waals surface area contributed by atoms with Crippen molar-refractivity contribution in [3.8, 4) is 0 Å². The molecule has 0 aliphatic rings. The summed E-state index contributed by atoms with van der Waals surface area (Å²) in [7, 11) is -2.28. The Kier molecular flexibility index (Phi) is 12.1. The molecule has 9 heteroatoms. The maximum Gasteiger partial charge on any atom is 0.407 e. The third-order valence-electron chi connectivity index (χ3n) is 6.60. The number of carboxylic acids is 1. The number of nitrogens with one attached hydrogen (secondary N) is 1. The predicted octanol–water partition coefficient (Wildman–Crippen LogP) is 7.69. The Hall–Kier alpha value is -2.16. The normalized spacial score (nSPS) is 15.5. The van der Waals surface area contributed by atoms with E-state index < -0.39 is 38.1 Å². The van der Waals surface area contributed by atoms with E-state index in [0.717, 1.165) is 5.56 Å². The summed E-state index contributed by atoms with van der Waals surface area (Å²) in [5, 5.41) is 12.9. The fraction of sp³-hybridized carbons (Fsp3) is 0.607. The van der Waals surface area contributed by atoms with Gasteiger partial charge in [-0.3, -0.25) is 0 Å². The van der Waals surface area contributed by atoms with Gasteiger partial charge in [0.1, 0.15) is 10.8 Å². The molecule has 1 amide bonds. The zero-order valence-corrected chi connectivity index (χ0v) is 25.6. The minimum atomic E-state index is -2.28. The third-order valence-corrected chi connectivity index (χ3v) is 11.3. The maximum atomic E-state index is 12.9. The van der Waals surface area contributed by atoms with Crippen LogP contribution in [0.3, 0.4) is 0 Å². The van der Waals surface area contributed by atoms with Crippen molar-refractivity contribution < 1.29 is 23.9 Å². The second-order valence-corrected chi connectivity index (χ2v) is 17.1. The van der Waals surface area contributed by atoms with Crippen molar-refractivity contribution in [3.63, 3.8) is 0 Å². The summed E-state index contributed by atoms with van der Waals surface area (Å²) in [4.78, 5) is 28.8. The zero-order chi connectivity index (χ0) is 28.6. The van der Waals surface area contributed by atoms with E-state index in [0.29, 0.717) is 30.0 Å². The van der Waals surface area contributed by atoms with Crippen LogP contribution < -0.4 is 5.32 Å². The second-order valence-electron chi connectivity index (χ2n) is 12.0. The summed E-state index contributed by atoms with van der Waals surface area (Å²) in [5.41, 5.74) is 0.454. The van der Waals surface area contributed by atoms with Gasteiger partial charge < -0.3 is 19.6 Å². The van der Waals surface area contributed by atoms with Crippen molar-refractivity contribution >= 4 is 32.0 Å². The van der Waals surface area contributed by atoms with Crippen LogP contribution >= 0.6 is 11.6 Å². The monoisotopic (exact) mass is 552 g/mol. The van der Waals surface area contributed by atoms with E-state index in [9.17, 15) is 14.7 Å². The molecule has 0 spiro atoms. The van der Waals surface area contributed by atoms with Crippen LogP contribution in [0.1, 0.15) is 79.4 Å². The van der Waals surface area contributed by atoms with Crippen LogP contribution in [0, 0.1) is 5.92 Å². The van der Waals surface area contributed by atoms with Gasteiger partial charge in [0.2, 0.25) is 0 Å². The first-order valence-corrected chi connectivity index (χ1v) is 16.0. The first kappa shape index (κ1) is 32.9. The third kappa shape index (κ3) is 11.0. The molecule has 1 rings (SSSR count). The molecule has 1 aromatic rings. The number of aliphatic carboxylic acids is 1. The van der Waals surface area contributed by atoms with Gasteiger partial charge >= 0.3 is 12.1 Å². The number of hydrogen-bond acceptors (Lipinski definition) is 5. The number of allylic oxidation sites excluding steroid dienone is 2. The van der Waals surface area contributed by atoms with Crippen LogP contribution in [0.2, 0.25) is 23.3 Å². The smallest absolute Gasteiger partial charge is 0.407 e. The zero-order valence-electron chi connectivity index (χ0n) is 23.9. The van der Waals surface area contributed by atoms with Gasteiger partial charge in [-0.15, -0.1) is 0 Å². The van der Waals surface area contributed by atoms with Gasteiger partial charge in [-0.25, -0.2) is 14.6 Å². The van der Waals surface area contributed by atoms with Crippen molar-refractivity contribution in [1.82, 2.24) is 10.3 Å². The quantitative estimate of drug-likeness (QED) is 0.119. The Balaban J connectivity index is 3.35. The average molecular weight is 553 g/mol. The summed E-state index contributed by atoms with van der Waals surface area (Å²) >= 11 is 6.06. The summed E-state index contributed by atoms with van der Waals surface area (Å²) in [6.45, 7) is 21.8. The molecule has 1 heterocycles. The van der Waals surface area contributed by atoms with E-state index in [1.165, 1.54) is 12.2 Å². The Labute approximate surface area is 228 Å². The van der Waals surface area contributed by atoms with E-state index >= 15 is 0 Å². The number of pyridine rings is 1. The van der Waals surface area contributed by atoms with Crippen molar-refractivity contribution in [2.24, 2.45) is 5.92 Å². The fourth-order valence-corrected chi connectivity index (χ4v) is 4.96. The summed E-state index contributed by atoms with van der Waals surface area (Å²) < 4.78 is 12.4. The number of aromatic nitrogens is 1. The van der Waals surface area contributed by atoms with Gasteiger partial charge in [-0.2, -0.15) is 0 Å². The summed E-state index contributed by atoms with van der Waals surface area (Å²) in [5.74, 6) is -1.14. The van der Waals surface area contributed by atoms with Gasteiger partial charge in [-0.05, 0) is 63.7 Å². The van der Waals surface area contributed by atoms with E-state index in [1.807, 2.05) is 33.8 Å². The second kappa shape index (κ2) is 13.6. The lowest BCUT2D eigenvalue weighted by atomic mass is 9.92. The highest BCUT2D eigenvalue weighted by atomic mass is 35.5. The molecule has 3 unspecified atom stereocenters.